The molecule has 4 aromatic rings. The maximum Gasteiger partial charge on any atom is 0.573 e. The van der Waals surface area contributed by atoms with Gasteiger partial charge in [0.2, 0.25) is 5.78 Å². The number of hydrogen-bond donors (Lipinski definition) is 3. The maximum atomic E-state index is 14.0. The number of rotatable bonds is 8. The summed E-state index contributed by atoms with van der Waals surface area (Å²) in [6.07, 6.45) is 1.79. The van der Waals surface area contributed by atoms with Crippen LogP contribution in [0.2, 0.25) is 0 Å². The second kappa shape index (κ2) is 15.6. The highest BCUT2D eigenvalue weighted by Gasteiger charge is 2.57. The van der Waals surface area contributed by atoms with Crippen LogP contribution in [0.5, 0.6) is 5.75 Å². The molecule has 280 valence electrons. The van der Waals surface area contributed by atoms with Crippen LogP contribution >= 0.6 is 0 Å². The molecular weight excluding hydrogens is 685 g/mol. The summed E-state index contributed by atoms with van der Waals surface area (Å²) in [7, 11) is 0. The number of ketones is 1. The summed E-state index contributed by atoms with van der Waals surface area (Å²) in [6.45, 7) is 3.96. The van der Waals surface area contributed by atoms with Crippen molar-refractivity contribution in [1.82, 2.24) is 4.90 Å². The van der Waals surface area contributed by atoms with Crippen molar-refractivity contribution in [2.45, 2.75) is 89.3 Å². The third-order valence-electron chi connectivity index (χ3n) is 11.0. The largest absolute Gasteiger partial charge is 0.573 e. The van der Waals surface area contributed by atoms with Crippen molar-refractivity contribution in [1.29, 1.82) is 0 Å². The van der Waals surface area contributed by atoms with E-state index in [1.807, 2.05) is 38.1 Å². The lowest BCUT2D eigenvalue weighted by molar-refractivity contribution is -0.274. The number of anilines is 1. The van der Waals surface area contributed by atoms with E-state index in [0.29, 0.717) is 61.8 Å². The van der Waals surface area contributed by atoms with Crippen molar-refractivity contribution in [2.75, 3.05) is 11.9 Å². The normalized spacial score (nSPS) is 23.4. The molecule has 53 heavy (non-hydrogen) atoms. The van der Waals surface area contributed by atoms with Gasteiger partial charge in [-0.25, -0.2) is 4.79 Å². The minimum atomic E-state index is -4.84. The summed E-state index contributed by atoms with van der Waals surface area (Å²) >= 11 is 0. The second-order valence-electron chi connectivity index (χ2n) is 14.6. The number of carbonyl (C=O) groups excluding carboxylic acids is 2. The zero-order valence-electron chi connectivity index (χ0n) is 29.9. The van der Waals surface area contributed by atoms with Gasteiger partial charge in [-0.15, -0.1) is 13.2 Å². The quantitative estimate of drug-likeness (QED) is 0.123. The van der Waals surface area contributed by atoms with Crippen LogP contribution in [0.3, 0.4) is 0 Å². The van der Waals surface area contributed by atoms with Gasteiger partial charge in [-0.3, -0.25) is 4.79 Å². The number of allylic oxidation sites excluding steroid dienone is 2. The molecule has 1 heterocycles. The Kier molecular flexibility index (Phi) is 11.2. The predicted octanol–water partition coefficient (Wildman–Crippen LogP) is 9.18. The van der Waals surface area contributed by atoms with Gasteiger partial charge in [-0.2, -0.15) is 0 Å². The minimum absolute atomic E-state index is 0.00765. The molecule has 2 amide bonds. The molecule has 3 aromatic carbocycles. The molecule has 3 aliphatic carbocycles. The Labute approximate surface area is 307 Å². The number of para-hydroxylation sites is 1. The van der Waals surface area contributed by atoms with Crippen molar-refractivity contribution in [3.05, 3.63) is 131 Å². The molecule has 4 atom stereocenters. The average Bonchev–Trinajstić information content (AvgIpc) is 3.74. The number of nitrogens with one attached hydrogen (secondary N) is 1. The molecular formula is C42H45F3N2O6. The zero-order chi connectivity index (χ0) is 37.8. The van der Waals surface area contributed by atoms with E-state index in [-0.39, 0.29) is 36.3 Å². The number of aliphatic hydroxyl groups excluding tert-OH is 1. The fraction of sp³-hybridized carbons (Fsp3) is 0.381. The monoisotopic (exact) mass is 730 g/mol. The first kappa shape index (κ1) is 37.9. The molecule has 3 N–H and O–H groups in total. The standard InChI is InChI=1S/C42H45F3N2O6/c1-28-8-6-21-40(2)36(34-19-15-30(24-32(48)16-12-28)25-35(34)38(49)37-11-7-23-52-37)20-22-41(40,51)27-47(39(50)46-31-9-4-3-5-10-31)26-29-13-17-33(18-14-29)53-42(43,44)45/h3-5,7-11,13-15,17-19,23,25,32,36,48,51H,6,12,16,20-22,24,26-27H2,1-2H3,(H,46,50). The Balaban J connectivity index is 1.39. The number of nitrogens with zero attached hydrogens (tertiary/aromatic N) is 1. The molecule has 0 spiro atoms. The van der Waals surface area contributed by atoms with Crippen LogP contribution in [0.1, 0.15) is 91.1 Å². The molecule has 1 fully saturated rings. The number of alkyl halides is 3. The Bertz CT molecular complexity index is 1910. The van der Waals surface area contributed by atoms with Crippen molar-refractivity contribution in [3.8, 4) is 5.75 Å². The summed E-state index contributed by atoms with van der Waals surface area (Å²) in [6, 6.07) is 22.7. The molecule has 0 saturated heterocycles. The number of halogens is 3. The van der Waals surface area contributed by atoms with E-state index in [9.17, 15) is 33.0 Å². The van der Waals surface area contributed by atoms with Gasteiger partial charge < -0.3 is 29.6 Å². The van der Waals surface area contributed by atoms with Crippen LogP contribution in [0, 0.1) is 5.41 Å². The number of aliphatic hydroxyl groups is 2. The number of amides is 2. The summed E-state index contributed by atoms with van der Waals surface area (Å²) in [5, 5.41) is 26.7. The maximum absolute atomic E-state index is 14.0. The van der Waals surface area contributed by atoms with Crippen LogP contribution in [0.4, 0.5) is 23.7 Å². The van der Waals surface area contributed by atoms with Gasteiger partial charge in [-0.05, 0) is 117 Å². The van der Waals surface area contributed by atoms with Gasteiger partial charge in [0, 0.05) is 23.2 Å². The van der Waals surface area contributed by atoms with Gasteiger partial charge in [-0.1, -0.05) is 61.0 Å². The summed E-state index contributed by atoms with van der Waals surface area (Å²) in [5.74, 6) is -0.776. The van der Waals surface area contributed by atoms with Gasteiger partial charge in [0.15, 0.2) is 5.76 Å². The number of urea groups is 1. The Morgan fingerprint density at radius 3 is 2.45 bits per heavy atom. The summed E-state index contributed by atoms with van der Waals surface area (Å²) < 4.78 is 48.2. The number of hydrogen-bond acceptors (Lipinski definition) is 6. The van der Waals surface area contributed by atoms with Gasteiger partial charge in [0.25, 0.3) is 0 Å². The molecule has 3 aliphatic rings. The molecule has 1 aromatic heterocycles. The highest BCUT2D eigenvalue weighted by molar-refractivity contribution is 6.08. The number of carbonyl (C=O) groups is 2. The third kappa shape index (κ3) is 8.85. The van der Waals surface area contributed by atoms with E-state index in [1.165, 1.54) is 35.4 Å². The first-order valence-electron chi connectivity index (χ1n) is 18.0. The third-order valence-corrected chi connectivity index (χ3v) is 11.0. The Hall–Kier alpha value is -4.87. The first-order valence-corrected chi connectivity index (χ1v) is 18.0. The van der Waals surface area contributed by atoms with E-state index >= 15 is 0 Å². The number of ether oxygens (including phenoxy) is 1. The molecule has 8 nitrogen and oxygen atoms in total. The average molecular weight is 731 g/mol. The number of benzene rings is 3. The van der Waals surface area contributed by atoms with Crippen LogP contribution in [-0.4, -0.2) is 51.5 Å². The molecule has 7 rings (SSSR count). The lowest BCUT2D eigenvalue weighted by atomic mass is 9.64. The van der Waals surface area contributed by atoms with Gasteiger partial charge in [0.1, 0.15) is 5.75 Å². The van der Waals surface area contributed by atoms with Gasteiger partial charge >= 0.3 is 12.4 Å². The lowest BCUT2D eigenvalue weighted by Crippen LogP contribution is -2.54. The molecule has 0 aliphatic heterocycles. The van der Waals surface area contributed by atoms with Crippen molar-refractivity contribution in [2.24, 2.45) is 5.41 Å². The Morgan fingerprint density at radius 2 is 1.75 bits per heavy atom. The van der Waals surface area contributed by atoms with Crippen molar-refractivity contribution < 1.29 is 42.1 Å². The highest BCUT2D eigenvalue weighted by atomic mass is 19.4. The van der Waals surface area contributed by atoms with Crippen LogP contribution < -0.4 is 10.1 Å². The predicted molar refractivity (Wildman–Crippen MR) is 195 cm³/mol. The van der Waals surface area contributed by atoms with Gasteiger partial charge in [0.05, 0.1) is 24.5 Å². The van der Waals surface area contributed by atoms with E-state index in [2.05, 4.69) is 16.1 Å². The summed E-state index contributed by atoms with van der Waals surface area (Å²) in [4.78, 5) is 29.5. The van der Waals surface area contributed by atoms with E-state index in [0.717, 1.165) is 16.7 Å². The van der Waals surface area contributed by atoms with Crippen LogP contribution in [0.25, 0.3) is 0 Å². The summed E-state index contributed by atoms with van der Waals surface area (Å²) in [5.41, 5.74) is 1.97. The molecule has 2 bridgehead atoms. The highest BCUT2D eigenvalue weighted by Crippen LogP contribution is 2.59. The topological polar surface area (TPSA) is 112 Å². The molecule has 4 unspecified atom stereocenters. The SMILES string of the molecule is CC1=CCCC2(C)C(CCC2(O)CN(Cc2ccc(OC(F)(F)F)cc2)C(=O)Nc2ccccc2)c2ccc(cc2C(=O)c2ccco2)CC(O)CC1. The van der Waals surface area contributed by atoms with Crippen molar-refractivity contribution >= 4 is 17.5 Å². The molecule has 1 saturated carbocycles. The fourth-order valence-corrected chi connectivity index (χ4v) is 7.99. The number of fused-ring (bicyclic) bond motifs is 8. The van der Waals surface area contributed by atoms with E-state index < -0.39 is 29.5 Å². The minimum Gasteiger partial charge on any atom is -0.461 e. The smallest absolute Gasteiger partial charge is 0.461 e. The molecule has 0 radical (unpaired) electrons. The second-order valence-corrected chi connectivity index (χ2v) is 14.6. The number of furan rings is 1. The fourth-order valence-electron chi connectivity index (χ4n) is 7.99. The zero-order valence-corrected chi connectivity index (χ0v) is 29.9. The van der Waals surface area contributed by atoms with E-state index in [4.69, 9.17) is 4.42 Å². The van der Waals surface area contributed by atoms with Crippen LogP contribution in [0.15, 0.2) is 107 Å². The lowest BCUT2D eigenvalue weighted by Gasteiger charge is -2.46. The Morgan fingerprint density at radius 1 is 1.00 bits per heavy atom. The van der Waals surface area contributed by atoms with Crippen LogP contribution in [-0.2, 0) is 13.0 Å². The molecule has 11 heteroatoms. The first-order chi connectivity index (χ1) is 25.2. The van der Waals surface area contributed by atoms with Crippen molar-refractivity contribution in [3.63, 3.8) is 0 Å². The van der Waals surface area contributed by atoms with E-state index in [1.54, 1.807) is 36.4 Å².